The van der Waals surface area contributed by atoms with Crippen LogP contribution in [0.2, 0.25) is 5.02 Å². The molecule has 6 nitrogen and oxygen atoms in total. The van der Waals surface area contributed by atoms with Gasteiger partial charge in [-0.2, -0.15) is 0 Å². The number of carbonyl (C=O) groups is 4. The third-order valence-electron chi connectivity index (χ3n) is 7.11. The highest BCUT2D eigenvalue weighted by molar-refractivity contribution is 6.36. The van der Waals surface area contributed by atoms with E-state index in [0.717, 1.165) is 51.4 Å². The maximum absolute atomic E-state index is 12.8. The van der Waals surface area contributed by atoms with Crippen molar-refractivity contribution in [1.29, 1.82) is 0 Å². The molecular weight excluding hydrogens is 392 g/mol. The van der Waals surface area contributed by atoms with Crippen molar-refractivity contribution in [3.05, 3.63) is 23.2 Å². The average Bonchev–Trinajstić information content (AvgIpc) is 3.14. The fourth-order valence-corrected chi connectivity index (χ4v) is 5.89. The number of fused-ring (bicyclic) bond motifs is 2. The summed E-state index contributed by atoms with van der Waals surface area (Å²) in [6.07, 6.45) is 6.82. The van der Waals surface area contributed by atoms with Crippen LogP contribution in [0.15, 0.2) is 18.2 Å². The Morgan fingerprint density at radius 3 is 1.48 bits per heavy atom. The van der Waals surface area contributed by atoms with E-state index in [1.165, 1.54) is 15.9 Å². The molecule has 0 bridgehead atoms. The Morgan fingerprint density at radius 2 is 1.07 bits per heavy atom. The molecule has 0 aromatic heterocycles. The van der Waals surface area contributed by atoms with Gasteiger partial charge in [0, 0.05) is 0 Å². The Balaban J connectivity index is 1.45. The van der Waals surface area contributed by atoms with Crippen LogP contribution in [0.5, 0.6) is 0 Å². The summed E-state index contributed by atoms with van der Waals surface area (Å²) in [6.45, 7) is 0. The van der Waals surface area contributed by atoms with Crippen molar-refractivity contribution in [3.63, 3.8) is 0 Å². The van der Waals surface area contributed by atoms with E-state index in [9.17, 15) is 19.2 Å². The molecule has 4 amide bonds. The van der Waals surface area contributed by atoms with Gasteiger partial charge in [0.1, 0.15) is 0 Å². The van der Waals surface area contributed by atoms with Crippen LogP contribution in [0, 0.1) is 23.7 Å². The standard InChI is InChI=1S/C22H23ClN2O4/c23-17-11-12(24-19(26)13-5-1-2-6-14(13)20(24)27)9-10-18(17)25-21(28)15-7-3-4-8-16(15)22(25)29/h9-11,13-16H,1-8H2/t13-,14+,15-,16-/m0/s1. The molecule has 4 fully saturated rings. The highest BCUT2D eigenvalue weighted by Gasteiger charge is 2.50. The fraction of sp³-hybridized carbons (Fsp3) is 0.545. The average molecular weight is 415 g/mol. The highest BCUT2D eigenvalue weighted by Crippen LogP contribution is 2.44. The van der Waals surface area contributed by atoms with Gasteiger partial charge in [-0.1, -0.05) is 37.3 Å². The summed E-state index contributed by atoms with van der Waals surface area (Å²) < 4.78 is 0. The van der Waals surface area contributed by atoms with Gasteiger partial charge in [0.05, 0.1) is 40.1 Å². The fourth-order valence-electron chi connectivity index (χ4n) is 5.63. The van der Waals surface area contributed by atoms with E-state index in [4.69, 9.17) is 11.6 Å². The van der Waals surface area contributed by atoms with Gasteiger partial charge in [-0.25, -0.2) is 4.90 Å². The SMILES string of the molecule is O=C1[C@H]2CCCC[C@H]2C(=O)N1c1ccc(N2C(=O)[C@H]3CCCC[C@@H]3C2=O)c(Cl)c1. The van der Waals surface area contributed by atoms with Crippen molar-refractivity contribution < 1.29 is 19.2 Å². The number of benzene rings is 1. The summed E-state index contributed by atoms with van der Waals surface area (Å²) in [5, 5.41) is 0.207. The summed E-state index contributed by atoms with van der Waals surface area (Å²) in [7, 11) is 0. The third kappa shape index (κ3) is 2.75. The highest BCUT2D eigenvalue weighted by atomic mass is 35.5. The molecule has 152 valence electrons. The van der Waals surface area contributed by atoms with Gasteiger partial charge in [-0.15, -0.1) is 0 Å². The number of hydrogen-bond donors (Lipinski definition) is 0. The van der Waals surface area contributed by atoms with Crippen LogP contribution in [0.25, 0.3) is 0 Å². The molecule has 4 atom stereocenters. The second kappa shape index (κ2) is 6.94. The number of hydrogen-bond acceptors (Lipinski definition) is 4. The molecule has 29 heavy (non-hydrogen) atoms. The molecule has 2 aliphatic heterocycles. The monoisotopic (exact) mass is 414 g/mol. The molecule has 2 saturated carbocycles. The molecule has 0 N–H and O–H groups in total. The zero-order valence-corrected chi connectivity index (χ0v) is 16.9. The van der Waals surface area contributed by atoms with Gasteiger partial charge in [0.15, 0.2) is 0 Å². The summed E-state index contributed by atoms with van der Waals surface area (Å²) in [4.78, 5) is 53.8. The minimum absolute atomic E-state index is 0.164. The van der Waals surface area contributed by atoms with E-state index in [-0.39, 0.29) is 52.3 Å². The predicted molar refractivity (Wildman–Crippen MR) is 107 cm³/mol. The number of carbonyl (C=O) groups excluding carboxylic acids is 4. The molecule has 5 rings (SSSR count). The maximum atomic E-state index is 12.8. The Labute approximate surface area is 174 Å². The van der Waals surface area contributed by atoms with E-state index in [0.29, 0.717) is 11.4 Å². The smallest absolute Gasteiger partial charge is 0.237 e. The summed E-state index contributed by atoms with van der Waals surface area (Å²) in [5.41, 5.74) is 0.760. The van der Waals surface area contributed by atoms with Crippen LogP contribution < -0.4 is 9.80 Å². The van der Waals surface area contributed by atoms with Crippen molar-refractivity contribution in [3.8, 4) is 0 Å². The van der Waals surface area contributed by atoms with Crippen molar-refractivity contribution in [2.45, 2.75) is 51.4 Å². The normalized spacial score (nSPS) is 32.0. The number of rotatable bonds is 2. The molecule has 1 aromatic carbocycles. The number of nitrogens with zero attached hydrogens (tertiary/aromatic N) is 2. The van der Waals surface area contributed by atoms with Crippen LogP contribution >= 0.6 is 11.6 Å². The van der Waals surface area contributed by atoms with E-state index in [1.807, 2.05) is 0 Å². The zero-order valence-electron chi connectivity index (χ0n) is 16.1. The van der Waals surface area contributed by atoms with E-state index >= 15 is 0 Å². The Kier molecular flexibility index (Phi) is 4.50. The van der Waals surface area contributed by atoms with Gasteiger partial charge < -0.3 is 0 Å². The van der Waals surface area contributed by atoms with Crippen LogP contribution in [0.4, 0.5) is 11.4 Å². The predicted octanol–water partition coefficient (Wildman–Crippen LogP) is 3.70. The van der Waals surface area contributed by atoms with Crippen molar-refractivity contribution in [2.75, 3.05) is 9.80 Å². The Morgan fingerprint density at radius 1 is 0.655 bits per heavy atom. The maximum Gasteiger partial charge on any atom is 0.237 e. The topological polar surface area (TPSA) is 74.8 Å². The van der Waals surface area contributed by atoms with Crippen LogP contribution in [0.3, 0.4) is 0 Å². The lowest BCUT2D eigenvalue weighted by atomic mass is 9.81. The van der Waals surface area contributed by atoms with Crippen molar-refractivity contribution in [1.82, 2.24) is 0 Å². The van der Waals surface area contributed by atoms with E-state index in [1.54, 1.807) is 12.1 Å². The molecule has 7 heteroatoms. The molecule has 0 radical (unpaired) electrons. The van der Waals surface area contributed by atoms with E-state index < -0.39 is 0 Å². The molecule has 0 unspecified atom stereocenters. The van der Waals surface area contributed by atoms with Crippen LogP contribution in [0.1, 0.15) is 51.4 Å². The quantitative estimate of drug-likeness (QED) is 0.691. The van der Waals surface area contributed by atoms with Crippen molar-refractivity contribution in [2.24, 2.45) is 23.7 Å². The largest absolute Gasteiger partial charge is 0.274 e. The molecule has 2 aliphatic carbocycles. The lowest BCUT2D eigenvalue weighted by molar-refractivity contribution is -0.124. The zero-order chi connectivity index (χ0) is 20.3. The van der Waals surface area contributed by atoms with Gasteiger partial charge in [-0.3, -0.25) is 24.1 Å². The Hall–Kier alpha value is -2.21. The summed E-state index contributed by atoms with van der Waals surface area (Å²) in [5.74, 6) is -1.68. The van der Waals surface area contributed by atoms with Crippen molar-refractivity contribution >= 4 is 46.6 Å². The third-order valence-corrected chi connectivity index (χ3v) is 7.42. The molecule has 4 aliphatic rings. The molecule has 2 saturated heterocycles. The van der Waals surface area contributed by atoms with E-state index in [2.05, 4.69) is 0 Å². The second-order valence-electron chi connectivity index (χ2n) is 8.65. The number of halogens is 1. The Bertz CT molecular complexity index is 881. The first-order chi connectivity index (χ1) is 14.0. The first-order valence-electron chi connectivity index (χ1n) is 10.5. The van der Waals surface area contributed by atoms with Gasteiger partial charge in [0.25, 0.3) is 0 Å². The molecule has 0 spiro atoms. The van der Waals surface area contributed by atoms with Gasteiger partial charge in [-0.05, 0) is 43.9 Å². The summed E-state index contributed by atoms with van der Waals surface area (Å²) in [6, 6.07) is 4.75. The lowest BCUT2D eigenvalue weighted by Gasteiger charge is -2.20. The van der Waals surface area contributed by atoms with Crippen LogP contribution in [-0.2, 0) is 19.2 Å². The van der Waals surface area contributed by atoms with Gasteiger partial charge in [0.2, 0.25) is 23.6 Å². The molecule has 1 aromatic rings. The lowest BCUT2D eigenvalue weighted by Crippen LogP contribution is -2.32. The number of imide groups is 2. The number of amides is 4. The molecule has 2 heterocycles. The minimum Gasteiger partial charge on any atom is -0.274 e. The van der Waals surface area contributed by atoms with Crippen LogP contribution in [-0.4, -0.2) is 23.6 Å². The second-order valence-corrected chi connectivity index (χ2v) is 9.06. The van der Waals surface area contributed by atoms with Gasteiger partial charge >= 0.3 is 0 Å². The molecular formula is C22H23ClN2O4. The first-order valence-corrected chi connectivity index (χ1v) is 10.9. The number of anilines is 2. The first kappa shape index (κ1) is 18.8. The summed E-state index contributed by atoms with van der Waals surface area (Å²) >= 11 is 6.47. The minimum atomic E-state index is -0.253.